The van der Waals surface area contributed by atoms with Crippen LogP contribution in [0.5, 0.6) is 0 Å². The van der Waals surface area contributed by atoms with Crippen molar-refractivity contribution in [2.45, 2.75) is 19.4 Å². The first kappa shape index (κ1) is 9.76. The van der Waals surface area contributed by atoms with Crippen LogP contribution in [0.2, 0.25) is 0 Å². The van der Waals surface area contributed by atoms with Crippen molar-refractivity contribution in [2.75, 3.05) is 7.11 Å². The van der Waals surface area contributed by atoms with Crippen molar-refractivity contribution in [2.24, 2.45) is 0 Å². The maximum atomic E-state index is 8.82. The van der Waals surface area contributed by atoms with Crippen LogP contribution in [0.1, 0.15) is 24.2 Å². The summed E-state index contributed by atoms with van der Waals surface area (Å²) in [6.07, 6.45) is 0.494. The van der Waals surface area contributed by atoms with Crippen LogP contribution in [0.3, 0.4) is 0 Å². The van der Waals surface area contributed by atoms with E-state index >= 15 is 0 Å². The molecule has 0 saturated carbocycles. The maximum Gasteiger partial charge on any atom is 0.168 e. The molecule has 2 nitrogen and oxygen atoms in total. The van der Waals surface area contributed by atoms with Gasteiger partial charge in [0.1, 0.15) is 0 Å². The van der Waals surface area contributed by atoms with Gasteiger partial charge in [0.2, 0.25) is 0 Å². The predicted octanol–water partition coefficient (Wildman–Crippen LogP) is 2.46. The van der Waals surface area contributed by atoms with E-state index in [0.29, 0.717) is 0 Å². The first-order valence-electron chi connectivity index (χ1n) is 4.33. The number of hydrogen-bond donors (Lipinski definition) is 0. The number of hydrogen-bond acceptors (Lipinski definition) is 2. The highest BCUT2D eigenvalue weighted by molar-refractivity contribution is 5.32. The summed E-state index contributed by atoms with van der Waals surface area (Å²) in [6.45, 7) is 2.07. The summed E-state index contributed by atoms with van der Waals surface area (Å²) >= 11 is 0. The molecule has 0 fully saturated rings. The van der Waals surface area contributed by atoms with E-state index in [9.17, 15) is 0 Å². The minimum Gasteiger partial charge on any atom is -0.362 e. The van der Waals surface area contributed by atoms with Gasteiger partial charge in [-0.15, -0.1) is 0 Å². The van der Waals surface area contributed by atoms with Gasteiger partial charge >= 0.3 is 0 Å². The predicted molar refractivity (Wildman–Crippen MR) is 51.2 cm³/mol. The number of rotatable bonds is 3. The molecule has 1 atom stereocenters. The Morgan fingerprint density at radius 3 is 2.69 bits per heavy atom. The molecule has 0 aliphatic heterocycles. The molecular formula is C11H13NO. The summed E-state index contributed by atoms with van der Waals surface area (Å²) in [7, 11) is 1.56. The Kier molecular flexibility index (Phi) is 3.48. The standard InChI is InChI=1S/C11H13NO/c1-3-9-6-4-5-7-10(9)11(8-12)13-2/h4-7,11H,3H2,1-2H3. The molecule has 0 radical (unpaired) electrons. The molecule has 68 valence electrons. The molecule has 0 amide bonds. The number of nitriles is 1. The van der Waals surface area contributed by atoms with Gasteiger partial charge in [0.25, 0.3) is 0 Å². The molecule has 1 aromatic rings. The summed E-state index contributed by atoms with van der Waals surface area (Å²) < 4.78 is 5.07. The Hall–Kier alpha value is -1.33. The third-order valence-electron chi connectivity index (χ3n) is 2.07. The molecule has 1 aromatic carbocycles. The fourth-order valence-electron chi connectivity index (χ4n) is 1.36. The highest BCUT2D eigenvalue weighted by Crippen LogP contribution is 2.20. The molecule has 0 aliphatic carbocycles. The van der Waals surface area contributed by atoms with Gasteiger partial charge in [0.05, 0.1) is 6.07 Å². The molecule has 0 heterocycles. The van der Waals surface area contributed by atoms with E-state index in [4.69, 9.17) is 10.00 Å². The Bertz CT molecular complexity index is 314. The van der Waals surface area contributed by atoms with E-state index in [-0.39, 0.29) is 0 Å². The number of methoxy groups -OCH3 is 1. The van der Waals surface area contributed by atoms with Crippen molar-refractivity contribution < 1.29 is 4.74 Å². The first-order valence-corrected chi connectivity index (χ1v) is 4.33. The molecule has 13 heavy (non-hydrogen) atoms. The lowest BCUT2D eigenvalue weighted by Gasteiger charge is -2.11. The zero-order valence-corrected chi connectivity index (χ0v) is 7.95. The molecule has 0 spiro atoms. The van der Waals surface area contributed by atoms with Crippen LogP contribution in [0.25, 0.3) is 0 Å². The minimum atomic E-state index is -0.434. The number of aryl methyl sites for hydroxylation is 1. The second-order valence-corrected chi connectivity index (χ2v) is 2.80. The van der Waals surface area contributed by atoms with Crippen LogP contribution in [-0.2, 0) is 11.2 Å². The Morgan fingerprint density at radius 1 is 1.46 bits per heavy atom. The van der Waals surface area contributed by atoms with Gasteiger partial charge in [-0.05, 0) is 17.5 Å². The highest BCUT2D eigenvalue weighted by atomic mass is 16.5. The van der Waals surface area contributed by atoms with Gasteiger partial charge in [0.15, 0.2) is 6.10 Å². The third kappa shape index (κ3) is 2.07. The van der Waals surface area contributed by atoms with E-state index < -0.39 is 6.10 Å². The van der Waals surface area contributed by atoms with Crippen molar-refractivity contribution in [3.05, 3.63) is 35.4 Å². The molecule has 1 unspecified atom stereocenters. The molecule has 0 aliphatic rings. The Morgan fingerprint density at radius 2 is 2.15 bits per heavy atom. The third-order valence-corrected chi connectivity index (χ3v) is 2.07. The van der Waals surface area contributed by atoms with E-state index in [1.54, 1.807) is 7.11 Å². The number of ether oxygens (including phenoxy) is 1. The van der Waals surface area contributed by atoms with Crippen molar-refractivity contribution in [3.63, 3.8) is 0 Å². The van der Waals surface area contributed by atoms with E-state index in [1.165, 1.54) is 5.56 Å². The molecule has 0 bridgehead atoms. The lowest BCUT2D eigenvalue weighted by molar-refractivity contribution is 0.148. The van der Waals surface area contributed by atoms with Crippen LogP contribution in [0, 0.1) is 11.3 Å². The Labute approximate surface area is 78.8 Å². The molecule has 2 heteroatoms. The van der Waals surface area contributed by atoms with Crippen molar-refractivity contribution in [3.8, 4) is 6.07 Å². The fourth-order valence-corrected chi connectivity index (χ4v) is 1.36. The van der Waals surface area contributed by atoms with Gasteiger partial charge in [0, 0.05) is 7.11 Å². The number of nitrogens with zero attached hydrogens (tertiary/aromatic N) is 1. The lowest BCUT2D eigenvalue weighted by atomic mass is 10.0. The smallest absolute Gasteiger partial charge is 0.168 e. The van der Waals surface area contributed by atoms with Crippen LogP contribution in [0.15, 0.2) is 24.3 Å². The van der Waals surface area contributed by atoms with Gasteiger partial charge in [-0.2, -0.15) is 5.26 Å². The minimum absolute atomic E-state index is 0.434. The van der Waals surface area contributed by atoms with Gasteiger partial charge in [-0.1, -0.05) is 31.2 Å². The fraction of sp³-hybridized carbons (Fsp3) is 0.364. The average Bonchev–Trinajstić information content (AvgIpc) is 2.20. The Balaban J connectivity index is 3.05. The van der Waals surface area contributed by atoms with Crippen molar-refractivity contribution in [1.82, 2.24) is 0 Å². The lowest BCUT2D eigenvalue weighted by Crippen LogP contribution is -2.01. The zero-order chi connectivity index (χ0) is 9.68. The first-order chi connectivity index (χ1) is 6.33. The zero-order valence-electron chi connectivity index (χ0n) is 7.95. The molecule has 0 aromatic heterocycles. The largest absolute Gasteiger partial charge is 0.362 e. The molecule has 0 N–H and O–H groups in total. The SMILES string of the molecule is CCc1ccccc1C(C#N)OC. The second kappa shape index (κ2) is 4.64. The summed E-state index contributed by atoms with van der Waals surface area (Å²) in [4.78, 5) is 0. The quantitative estimate of drug-likeness (QED) is 0.707. The normalized spacial score (nSPS) is 12.1. The topological polar surface area (TPSA) is 33.0 Å². The monoisotopic (exact) mass is 175 g/mol. The van der Waals surface area contributed by atoms with Crippen LogP contribution in [0.4, 0.5) is 0 Å². The van der Waals surface area contributed by atoms with Crippen LogP contribution >= 0.6 is 0 Å². The maximum absolute atomic E-state index is 8.82. The summed E-state index contributed by atoms with van der Waals surface area (Å²) in [5.41, 5.74) is 2.16. The van der Waals surface area contributed by atoms with E-state index in [0.717, 1.165) is 12.0 Å². The van der Waals surface area contributed by atoms with Gasteiger partial charge < -0.3 is 4.74 Å². The summed E-state index contributed by atoms with van der Waals surface area (Å²) in [6, 6.07) is 9.99. The average molecular weight is 175 g/mol. The number of benzene rings is 1. The molecule has 1 rings (SSSR count). The molecular weight excluding hydrogens is 162 g/mol. The van der Waals surface area contributed by atoms with Crippen LogP contribution < -0.4 is 0 Å². The highest BCUT2D eigenvalue weighted by Gasteiger charge is 2.11. The van der Waals surface area contributed by atoms with Crippen molar-refractivity contribution >= 4 is 0 Å². The second-order valence-electron chi connectivity index (χ2n) is 2.80. The van der Waals surface area contributed by atoms with E-state index in [2.05, 4.69) is 13.0 Å². The molecule has 0 saturated heterocycles. The van der Waals surface area contributed by atoms with Gasteiger partial charge in [-0.25, -0.2) is 0 Å². The van der Waals surface area contributed by atoms with E-state index in [1.807, 2.05) is 24.3 Å². The van der Waals surface area contributed by atoms with Gasteiger partial charge in [-0.3, -0.25) is 0 Å². The van der Waals surface area contributed by atoms with Crippen LogP contribution in [-0.4, -0.2) is 7.11 Å². The van der Waals surface area contributed by atoms with Crippen molar-refractivity contribution in [1.29, 1.82) is 5.26 Å². The summed E-state index contributed by atoms with van der Waals surface area (Å²) in [5.74, 6) is 0. The summed E-state index contributed by atoms with van der Waals surface area (Å²) in [5, 5.41) is 8.82.